The highest BCUT2D eigenvalue weighted by atomic mass is 35.5. The average molecular weight is 216 g/mol. The van der Waals surface area contributed by atoms with Crippen LogP contribution in [0.1, 0.15) is 16.6 Å². The van der Waals surface area contributed by atoms with E-state index in [-0.39, 0.29) is 5.91 Å². The molecule has 1 unspecified atom stereocenters. The van der Waals surface area contributed by atoms with Crippen molar-refractivity contribution in [2.45, 2.75) is 12.3 Å². The van der Waals surface area contributed by atoms with Crippen LogP contribution in [0, 0.1) is 6.92 Å². The molecular weight excluding hydrogens is 202 g/mol. The van der Waals surface area contributed by atoms with Crippen LogP contribution in [-0.2, 0) is 11.8 Å². The zero-order chi connectivity index (χ0) is 10.9. The number of hydrogen-bond donors (Lipinski definition) is 0. The first-order valence-electron chi connectivity index (χ1n) is 4.29. The molecule has 0 aliphatic rings. The summed E-state index contributed by atoms with van der Waals surface area (Å²) in [4.78, 5) is 13.0. The number of hydrogen-bond acceptors (Lipinski definition) is 2. The molecule has 0 radical (unpaired) electrons. The molecule has 0 aliphatic carbocycles. The number of alkyl halides is 1. The molecule has 1 rings (SSSR count). The maximum absolute atomic E-state index is 11.6. The van der Waals surface area contributed by atoms with E-state index < -0.39 is 5.38 Å². The van der Waals surface area contributed by atoms with E-state index in [1.165, 1.54) is 4.90 Å². The molecule has 0 N–H and O–H groups in total. The molecule has 0 saturated carbocycles. The van der Waals surface area contributed by atoms with Crippen molar-refractivity contribution in [3.05, 3.63) is 17.5 Å². The van der Waals surface area contributed by atoms with Crippen molar-refractivity contribution in [1.29, 1.82) is 0 Å². The number of nitrogens with zero attached hydrogens (tertiary/aromatic N) is 3. The van der Waals surface area contributed by atoms with Crippen LogP contribution in [-0.4, -0.2) is 34.7 Å². The molecule has 0 fully saturated rings. The molecule has 0 spiro atoms. The Bertz CT molecular complexity index is 346. The van der Waals surface area contributed by atoms with Crippen molar-refractivity contribution in [2.24, 2.45) is 7.05 Å². The molecule has 14 heavy (non-hydrogen) atoms. The van der Waals surface area contributed by atoms with Crippen LogP contribution < -0.4 is 0 Å². The molecule has 1 aromatic heterocycles. The van der Waals surface area contributed by atoms with Gasteiger partial charge in [-0.25, -0.2) is 0 Å². The Morgan fingerprint density at radius 3 is 2.57 bits per heavy atom. The Hall–Kier alpha value is -1.03. The van der Waals surface area contributed by atoms with Gasteiger partial charge in [0.15, 0.2) is 0 Å². The van der Waals surface area contributed by atoms with Gasteiger partial charge in [0.05, 0.1) is 6.20 Å². The summed E-state index contributed by atoms with van der Waals surface area (Å²) in [6, 6.07) is 0. The summed E-state index contributed by atoms with van der Waals surface area (Å²) in [5.74, 6) is -0.122. The smallest absolute Gasteiger partial charge is 0.244 e. The van der Waals surface area contributed by atoms with Gasteiger partial charge < -0.3 is 4.90 Å². The van der Waals surface area contributed by atoms with E-state index in [0.717, 1.165) is 11.3 Å². The second kappa shape index (κ2) is 4.00. The van der Waals surface area contributed by atoms with Crippen LogP contribution in [0.2, 0.25) is 0 Å². The highest BCUT2D eigenvalue weighted by molar-refractivity contribution is 6.30. The predicted octanol–water partition coefficient (Wildman–Crippen LogP) is 1.10. The fourth-order valence-electron chi connectivity index (χ4n) is 1.12. The number of halogens is 1. The van der Waals surface area contributed by atoms with Crippen molar-refractivity contribution in [2.75, 3.05) is 14.1 Å². The van der Waals surface area contributed by atoms with E-state index in [1.807, 2.05) is 14.0 Å². The van der Waals surface area contributed by atoms with E-state index in [4.69, 9.17) is 11.6 Å². The third-order valence-corrected chi connectivity index (χ3v) is 2.63. The predicted molar refractivity (Wildman–Crippen MR) is 55.2 cm³/mol. The van der Waals surface area contributed by atoms with Crippen LogP contribution in [0.5, 0.6) is 0 Å². The minimum absolute atomic E-state index is 0.122. The van der Waals surface area contributed by atoms with Crippen LogP contribution in [0.4, 0.5) is 0 Å². The Kier molecular flexibility index (Phi) is 3.16. The molecular formula is C9H14ClN3O. The van der Waals surface area contributed by atoms with Crippen LogP contribution in [0.3, 0.4) is 0 Å². The van der Waals surface area contributed by atoms with E-state index in [9.17, 15) is 4.79 Å². The number of carbonyl (C=O) groups is 1. The summed E-state index contributed by atoms with van der Waals surface area (Å²) in [5.41, 5.74) is 1.69. The van der Waals surface area contributed by atoms with Crippen molar-refractivity contribution >= 4 is 17.5 Å². The largest absolute Gasteiger partial charge is 0.347 e. The molecule has 5 heteroatoms. The first kappa shape index (κ1) is 11.0. The van der Waals surface area contributed by atoms with Gasteiger partial charge in [0.1, 0.15) is 5.38 Å². The lowest BCUT2D eigenvalue weighted by molar-refractivity contribution is -0.128. The topological polar surface area (TPSA) is 38.1 Å². The summed E-state index contributed by atoms with van der Waals surface area (Å²) in [6.07, 6.45) is 1.63. The molecule has 0 saturated heterocycles. The zero-order valence-electron chi connectivity index (χ0n) is 8.78. The molecule has 1 atom stereocenters. The van der Waals surface area contributed by atoms with Gasteiger partial charge in [0.2, 0.25) is 5.91 Å². The van der Waals surface area contributed by atoms with Crippen LogP contribution >= 0.6 is 11.6 Å². The number of aromatic nitrogens is 2. The van der Waals surface area contributed by atoms with Gasteiger partial charge in [0.25, 0.3) is 0 Å². The third-order valence-electron chi connectivity index (χ3n) is 2.20. The van der Waals surface area contributed by atoms with Gasteiger partial charge >= 0.3 is 0 Å². The summed E-state index contributed by atoms with van der Waals surface area (Å²) in [7, 11) is 5.19. The third kappa shape index (κ3) is 1.90. The Morgan fingerprint density at radius 1 is 1.64 bits per heavy atom. The number of carbonyl (C=O) groups excluding carboxylic acids is 1. The van der Waals surface area contributed by atoms with Crippen molar-refractivity contribution in [3.8, 4) is 0 Å². The lowest BCUT2D eigenvalue weighted by Crippen LogP contribution is -2.25. The number of aryl methyl sites for hydroxylation is 1. The van der Waals surface area contributed by atoms with Gasteiger partial charge in [0, 0.05) is 32.4 Å². The van der Waals surface area contributed by atoms with Crippen molar-refractivity contribution in [3.63, 3.8) is 0 Å². The number of amides is 1. The lowest BCUT2D eigenvalue weighted by atomic mass is 10.2. The van der Waals surface area contributed by atoms with Crippen molar-refractivity contribution in [1.82, 2.24) is 14.7 Å². The molecule has 0 aliphatic heterocycles. The standard InChI is InChI=1S/C9H14ClN3O/c1-6-7(5-11-13(6)4)8(10)9(14)12(2)3/h5,8H,1-4H3. The van der Waals surface area contributed by atoms with E-state index >= 15 is 0 Å². The van der Waals surface area contributed by atoms with E-state index in [0.29, 0.717) is 0 Å². The monoisotopic (exact) mass is 215 g/mol. The van der Waals surface area contributed by atoms with E-state index in [2.05, 4.69) is 5.10 Å². The Morgan fingerprint density at radius 2 is 2.21 bits per heavy atom. The second-order valence-electron chi connectivity index (χ2n) is 3.40. The molecule has 1 amide bonds. The fourth-order valence-corrected chi connectivity index (χ4v) is 1.53. The summed E-state index contributed by atoms with van der Waals surface area (Å²) >= 11 is 6.03. The summed E-state index contributed by atoms with van der Waals surface area (Å²) in [6.45, 7) is 1.89. The first-order valence-corrected chi connectivity index (χ1v) is 4.72. The number of likely N-dealkylation sites (N-methyl/N-ethyl adjacent to an activating group) is 1. The van der Waals surface area contributed by atoms with Gasteiger partial charge in [-0.05, 0) is 6.92 Å². The maximum atomic E-state index is 11.6. The molecule has 0 bridgehead atoms. The van der Waals surface area contributed by atoms with Gasteiger partial charge in [-0.3, -0.25) is 9.48 Å². The van der Waals surface area contributed by atoms with Crippen LogP contribution in [0.15, 0.2) is 6.20 Å². The quantitative estimate of drug-likeness (QED) is 0.693. The molecule has 78 valence electrons. The Balaban J connectivity index is 2.95. The van der Waals surface area contributed by atoms with Gasteiger partial charge in [-0.2, -0.15) is 5.10 Å². The van der Waals surface area contributed by atoms with Gasteiger partial charge in [-0.1, -0.05) is 0 Å². The molecule has 1 heterocycles. The zero-order valence-corrected chi connectivity index (χ0v) is 9.54. The van der Waals surface area contributed by atoms with Gasteiger partial charge in [-0.15, -0.1) is 11.6 Å². The molecule has 4 nitrogen and oxygen atoms in total. The Labute approximate surface area is 88.5 Å². The minimum Gasteiger partial charge on any atom is -0.347 e. The molecule has 1 aromatic rings. The minimum atomic E-state index is -0.640. The molecule has 0 aromatic carbocycles. The summed E-state index contributed by atoms with van der Waals surface area (Å²) < 4.78 is 1.70. The normalized spacial score (nSPS) is 12.6. The highest BCUT2D eigenvalue weighted by Gasteiger charge is 2.22. The average Bonchev–Trinajstić information content (AvgIpc) is 2.45. The fraction of sp³-hybridized carbons (Fsp3) is 0.556. The second-order valence-corrected chi connectivity index (χ2v) is 3.84. The maximum Gasteiger partial charge on any atom is 0.244 e. The first-order chi connectivity index (χ1) is 6.45. The lowest BCUT2D eigenvalue weighted by Gasteiger charge is -2.14. The number of rotatable bonds is 2. The SMILES string of the molecule is Cc1c(C(Cl)C(=O)N(C)C)cnn1C. The van der Waals surface area contributed by atoms with Crippen LogP contribution in [0.25, 0.3) is 0 Å². The highest BCUT2D eigenvalue weighted by Crippen LogP contribution is 2.24. The summed E-state index contributed by atoms with van der Waals surface area (Å²) in [5, 5.41) is 3.40. The van der Waals surface area contributed by atoms with E-state index in [1.54, 1.807) is 25.0 Å². The van der Waals surface area contributed by atoms with Crippen molar-refractivity contribution < 1.29 is 4.79 Å².